The Morgan fingerprint density at radius 2 is 1.94 bits per heavy atom. The zero-order valence-corrected chi connectivity index (χ0v) is 12.6. The minimum absolute atomic E-state index is 0.561. The molecular weight excluding hydrogens is 352 g/mol. The average Bonchev–Trinajstić information content (AvgIpc) is 2.63. The van der Waals surface area contributed by atoms with Gasteiger partial charge in [0.2, 0.25) is 0 Å². The van der Waals surface area contributed by atoms with Crippen LogP contribution in [0.1, 0.15) is 22.1 Å². The van der Waals surface area contributed by atoms with Crippen molar-refractivity contribution >= 4 is 43.2 Å². The lowest BCUT2D eigenvalue weighted by Gasteiger charge is -2.13. The first kappa shape index (κ1) is 12.3. The second kappa shape index (κ2) is 5.00. The molecule has 1 heterocycles. The van der Waals surface area contributed by atoms with Gasteiger partial charge in [0.05, 0.1) is 0 Å². The molecule has 0 saturated heterocycles. The highest BCUT2D eigenvalue weighted by Crippen LogP contribution is 2.33. The lowest BCUT2D eigenvalue weighted by Crippen LogP contribution is -2.00. The van der Waals surface area contributed by atoms with Crippen molar-refractivity contribution in [1.29, 1.82) is 0 Å². The molecule has 0 fully saturated rings. The van der Waals surface area contributed by atoms with E-state index < -0.39 is 6.10 Å². The number of aryl methyl sites for hydroxylation is 1. The van der Waals surface area contributed by atoms with Crippen LogP contribution in [0.25, 0.3) is 0 Å². The van der Waals surface area contributed by atoms with Crippen LogP contribution in [-0.2, 0) is 0 Å². The molecule has 2 aromatic rings. The summed E-state index contributed by atoms with van der Waals surface area (Å²) in [6.07, 6.45) is -0.561. The van der Waals surface area contributed by atoms with E-state index >= 15 is 0 Å². The lowest BCUT2D eigenvalue weighted by molar-refractivity contribution is 0.219. The minimum atomic E-state index is -0.561. The Morgan fingerprint density at radius 1 is 1.19 bits per heavy atom. The lowest BCUT2D eigenvalue weighted by atomic mass is 10.0. The van der Waals surface area contributed by atoms with Crippen molar-refractivity contribution in [3.05, 3.63) is 54.6 Å². The van der Waals surface area contributed by atoms with Crippen LogP contribution in [0.2, 0.25) is 0 Å². The van der Waals surface area contributed by atoms with E-state index in [0.717, 1.165) is 24.9 Å². The van der Waals surface area contributed by atoms with Gasteiger partial charge in [-0.15, -0.1) is 11.3 Å². The van der Waals surface area contributed by atoms with Gasteiger partial charge >= 0.3 is 0 Å². The van der Waals surface area contributed by atoms with Crippen LogP contribution in [0.3, 0.4) is 0 Å². The van der Waals surface area contributed by atoms with Gasteiger partial charge < -0.3 is 5.11 Å². The summed E-state index contributed by atoms with van der Waals surface area (Å²) in [6.45, 7) is 2.02. The quantitative estimate of drug-likeness (QED) is 0.824. The Balaban J connectivity index is 2.41. The molecule has 1 nitrogen and oxygen atoms in total. The number of hydrogen-bond donors (Lipinski definition) is 1. The maximum atomic E-state index is 10.3. The summed E-state index contributed by atoms with van der Waals surface area (Å²) in [5, 5.41) is 12.3. The van der Waals surface area contributed by atoms with Crippen molar-refractivity contribution in [1.82, 2.24) is 0 Å². The highest BCUT2D eigenvalue weighted by molar-refractivity contribution is 9.11. The smallest absolute Gasteiger partial charge is 0.106 e. The molecule has 1 N–H and O–H groups in total. The standard InChI is InChI=1S/C12H10Br2OS/c1-7-9(4-5-16-7)12(15)10-3-2-8(13)6-11(10)14/h2-6,12,15H,1H3. The van der Waals surface area contributed by atoms with Crippen molar-refractivity contribution < 1.29 is 5.11 Å². The van der Waals surface area contributed by atoms with Crippen LogP contribution in [0.4, 0.5) is 0 Å². The summed E-state index contributed by atoms with van der Waals surface area (Å²) < 4.78 is 1.91. The Kier molecular flexibility index (Phi) is 3.85. The molecule has 84 valence electrons. The number of halogens is 2. The van der Waals surface area contributed by atoms with Gasteiger partial charge in [-0.1, -0.05) is 37.9 Å². The molecule has 0 saturated carbocycles. The van der Waals surface area contributed by atoms with E-state index in [1.165, 1.54) is 0 Å². The van der Waals surface area contributed by atoms with Gasteiger partial charge in [-0.25, -0.2) is 0 Å². The van der Waals surface area contributed by atoms with Crippen molar-refractivity contribution in [3.63, 3.8) is 0 Å². The van der Waals surface area contributed by atoms with Crippen molar-refractivity contribution in [2.24, 2.45) is 0 Å². The molecule has 0 bridgehead atoms. The average molecular weight is 362 g/mol. The maximum absolute atomic E-state index is 10.3. The molecule has 16 heavy (non-hydrogen) atoms. The normalized spacial score (nSPS) is 12.8. The number of aliphatic hydroxyl groups excluding tert-OH is 1. The summed E-state index contributed by atoms with van der Waals surface area (Å²) in [4.78, 5) is 1.15. The predicted octanol–water partition coefficient (Wildman–Crippen LogP) is 4.66. The van der Waals surface area contributed by atoms with Crippen LogP contribution in [0.15, 0.2) is 38.6 Å². The van der Waals surface area contributed by atoms with Crippen molar-refractivity contribution in [2.75, 3.05) is 0 Å². The van der Waals surface area contributed by atoms with Gasteiger partial charge in [-0.05, 0) is 41.6 Å². The second-order valence-electron chi connectivity index (χ2n) is 3.50. The van der Waals surface area contributed by atoms with E-state index in [4.69, 9.17) is 0 Å². The SMILES string of the molecule is Cc1sccc1C(O)c1ccc(Br)cc1Br. The van der Waals surface area contributed by atoms with E-state index in [1.54, 1.807) is 11.3 Å². The molecule has 2 rings (SSSR count). The van der Waals surface area contributed by atoms with Crippen LogP contribution >= 0.6 is 43.2 Å². The first-order chi connectivity index (χ1) is 7.59. The molecule has 0 aliphatic heterocycles. The topological polar surface area (TPSA) is 20.2 Å². The third kappa shape index (κ3) is 2.40. The molecule has 1 atom stereocenters. The second-order valence-corrected chi connectivity index (χ2v) is 6.39. The van der Waals surface area contributed by atoms with Gasteiger partial charge in [0, 0.05) is 13.8 Å². The van der Waals surface area contributed by atoms with Crippen molar-refractivity contribution in [2.45, 2.75) is 13.0 Å². The maximum Gasteiger partial charge on any atom is 0.106 e. The monoisotopic (exact) mass is 360 g/mol. The molecule has 0 aliphatic rings. The first-order valence-corrected chi connectivity index (χ1v) is 7.23. The van der Waals surface area contributed by atoms with Gasteiger partial charge in [0.25, 0.3) is 0 Å². The Labute approximate surface area is 115 Å². The third-order valence-electron chi connectivity index (χ3n) is 2.45. The summed E-state index contributed by atoms with van der Waals surface area (Å²) in [7, 11) is 0. The summed E-state index contributed by atoms with van der Waals surface area (Å²) >= 11 is 8.52. The number of benzene rings is 1. The van der Waals surface area contributed by atoms with Crippen LogP contribution in [0, 0.1) is 6.92 Å². The van der Waals surface area contributed by atoms with E-state index in [9.17, 15) is 5.11 Å². The molecule has 0 amide bonds. The Bertz CT molecular complexity index is 507. The number of rotatable bonds is 2. The van der Waals surface area contributed by atoms with Crippen LogP contribution in [0.5, 0.6) is 0 Å². The van der Waals surface area contributed by atoms with Crippen LogP contribution in [-0.4, -0.2) is 5.11 Å². The highest BCUT2D eigenvalue weighted by Gasteiger charge is 2.16. The highest BCUT2D eigenvalue weighted by atomic mass is 79.9. The summed E-state index contributed by atoms with van der Waals surface area (Å²) in [5.41, 5.74) is 1.87. The zero-order chi connectivity index (χ0) is 11.7. The van der Waals surface area contributed by atoms with Gasteiger partial charge in [0.1, 0.15) is 6.10 Å². The number of aliphatic hydroxyl groups is 1. The summed E-state index contributed by atoms with van der Waals surface area (Å²) in [6, 6.07) is 7.78. The fourth-order valence-electron chi connectivity index (χ4n) is 1.57. The fraction of sp³-hybridized carbons (Fsp3) is 0.167. The first-order valence-electron chi connectivity index (χ1n) is 4.76. The van der Waals surface area contributed by atoms with E-state index in [2.05, 4.69) is 31.9 Å². The summed E-state index contributed by atoms with van der Waals surface area (Å²) in [5.74, 6) is 0. The number of thiophene rings is 1. The Morgan fingerprint density at radius 3 is 2.50 bits per heavy atom. The van der Waals surface area contributed by atoms with Crippen LogP contribution < -0.4 is 0 Å². The minimum Gasteiger partial charge on any atom is -0.384 e. The molecule has 1 aromatic heterocycles. The molecule has 1 aromatic carbocycles. The molecule has 0 aliphatic carbocycles. The Hall–Kier alpha value is -0.160. The number of hydrogen-bond acceptors (Lipinski definition) is 2. The van der Waals surface area contributed by atoms with Gasteiger partial charge in [-0.2, -0.15) is 0 Å². The molecular formula is C12H10Br2OS. The third-order valence-corrected chi connectivity index (χ3v) is 4.49. The van der Waals surface area contributed by atoms with Gasteiger partial charge in [-0.3, -0.25) is 0 Å². The van der Waals surface area contributed by atoms with Gasteiger partial charge in [0.15, 0.2) is 0 Å². The predicted molar refractivity (Wildman–Crippen MR) is 75.0 cm³/mol. The molecule has 0 radical (unpaired) electrons. The van der Waals surface area contributed by atoms with Crippen molar-refractivity contribution in [3.8, 4) is 0 Å². The van der Waals surface area contributed by atoms with E-state index in [0.29, 0.717) is 0 Å². The molecule has 4 heteroatoms. The van der Waals surface area contributed by atoms with E-state index in [1.807, 2.05) is 36.6 Å². The molecule has 0 spiro atoms. The largest absolute Gasteiger partial charge is 0.384 e. The zero-order valence-electron chi connectivity index (χ0n) is 8.58. The molecule has 1 unspecified atom stereocenters. The fourth-order valence-corrected chi connectivity index (χ4v) is 3.57. The van der Waals surface area contributed by atoms with E-state index in [-0.39, 0.29) is 0 Å².